The molecular formula is C24H14N6O6. The SMILES string of the molecule is O=C(O)c1ccc2c(c1)N1c3nc4ccc(C(=O)O)cc4n3-c3nc4ccc(C(=O)O)cc4n3C1N2. The Morgan fingerprint density at radius 1 is 0.722 bits per heavy atom. The lowest BCUT2D eigenvalue weighted by Gasteiger charge is -2.33. The van der Waals surface area contributed by atoms with Crippen molar-refractivity contribution in [2.75, 3.05) is 10.2 Å². The Morgan fingerprint density at radius 3 is 1.94 bits per heavy atom. The molecule has 0 bridgehead atoms. The van der Waals surface area contributed by atoms with E-state index in [0.717, 1.165) is 0 Å². The topological polar surface area (TPSA) is 163 Å². The number of nitrogens with zero attached hydrogens (tertiary/aromatic N) is 5. The summed E-state index contributed by atoms with van der Waals surface area (Å²) in [6, 6.07) is 13.8. The van der Waals surface area contributed by atoms with Crippen LogP contribution in [0.15, 0.2) is 54.6 Å². The van der Waals surface area contributed by atoms with Gasteiger partial charge >= 0.3 is 17.9 Å². The highest BCUT2D eigenvalue weighted by Gasteiger charge is 2.42. The molecule has 0 saturated carbocycles. The minimum atomic E-state index is -1.10. The van der Waals surface area contributed by atoms with Gasteiger partial charge in [-0.25, -0.2) is 28.9 Å². The minimum absolute atomic E-state index is 0.0660. The van der Waals surface area contributed by atoms with Crippen LogP contribution in [-0.4, -0.2) is 52.3 Å². The first kappa shape index (κ1) is 20.0. The third-order valence-electron chi connectivity index (χ3n) is 6.49. The molecule has 0 saturated heterocycles. The number of hydrogen-bond donors (Lipinski definition) is 4. The lowest BCUT2D eigenvalue weighted by Crippen LogP contribution is -2.36. The summed E-state index contributed by atoms with van der Waals surface area (Å²) in [4.78, 5) is 46.4. The fourth-order valence-corrected chi connectivity index (χ4v) is 4.89. The molecule has 4 N–H and O–H groups in total. The Kier molecular flexibility index (Phi) is 3.67. The fourth-order valence-electron chi connectivity index (χ4n) is 4.89. The number of carboxylic acid groups (broad SMARTS) is 3. The summed E-state index contributed by atoms with van der Waals surface area (Å²) in [6.07, 6.45) is -0.628. The van der Waals surface area contributed by atoms with E-state index in [1.807, 2.05) is 0 Å². The molecule has 0 radical (unpaired) electrons. The van der Waals surface area contributed by atoms with Crippen molar-refractivity contribution < 1.29 is 29.7 Å². The lowest BCUT2D eigenvalue weighted by molar-refractivity contribution is 0.0686. The van der Waals surface area contributed by atoms with Crippen molar-refractivity contribution >= 4 is 57.3 Å². The third kappa shape index (κ3) is 2.49. The van der Waals surface area contributed by atoms with Gasteiger partial charge < -0.3 is 20.6 Å². The number of fused-ring (bicyclic) bond motifs is 12. The Morgan fingerprint density at radius 2 is 1.28 bits per heavy atom. The monoisotopic (exact) mass is 482 g/mol. The first-order chi connectivity index (χ1) is 17.3. The van der Waals surface area contributed by atoms with Crippen molar-refractivity contribution in [1.82, 2.24) is 19.1 Å². The molecule has 4 heterocycles. The highest BCUT2D eigenvalue weighted by molar-refractivity contribution is 5.98. The van der Waals surface area contributed by atoms with Gasteiger partial charge in [0.1, 0.15) is 0 Å². The van der Waals surface area contributed by atoms with Crippen molar-refractivity contribution in [1.29, 1.82) is 0 Å². The lowest BCUT2D eigenvalue weighted by atomic mass is 10.1. The number of imidazole rings is 2. The molecule has 36 heavy (non-hydrogen) atoms. The highest BCUT2D eigenvalue weighted by atomic mass is 16.4. The van der Waals surface area contributed by atoms with Gasteiger partial charge in [0.25, 0.3) is 0 Å². The van der Waals surface area contributed by atoms with Crippen LogP contribution in [0.25, 0.3) is 28.0 Å². The van der Waals surface area contributed by atoms with Crippen LogP contribution < -0.4 is 10.2 Å². The normalized spacial score (nSPS) is 15.2. The van der Waals surface area contributed by atoms with Crippen LogP contribution in [0.4, 0.5) is 17.3 Å². The summed E-state index contributed by atoms with van der Waals surface area (Å²) in [5, 5.41) is 32.1. The van der Waals surface area contributed by atoms with E-state index >= 15 is 0 Å². The molecular weight excluding hydrogens is 468 g/mol. The second-order valence-corrected chi connectivity index (χ2v) is 8.47. The number of nitrogens with one attached hydrogen (secondary N) is 1. The van der Waals surface area contributed by atoms with Crippen LogP contribution in [0.5, 0.6) is 0 Å². The van der Waals surface area contributed by atoms with E-state index in [0.29, 0.717) is 45.3 Å². The maximum atomic E-state index is 11.7. The molecule has 0 spiro atoms. The van der Waals surface area contributed by atoms with Gasteiger partial charge in [0.15, 0.2) is 6.29 Å². The smallest absolute Gasteiger partial charge is 0.335 e. The van der Waals surface area contributed by atoms with Gasteiger partial charge in [0.05, 0.1) is 50.1 Å². The minimum Gasteiger partial charge on any atom is -0.478 e. The Bertz CT molecular complexity index is 1840. The second kappa shape index (κ2) is 6.60. The zero-order chi connectivity index (χ0) is 24.9. The van der Waals surface area contributed by atoms with Gasteiger partial charge in [-0.05, 0) is 54.6 Å². The van der Waals surface area contributed by atoms with Crippen LogP contribution in [0.2, 0.25) is 0 Å². The van der Waals surface area contributed by atoms with Crippen LogP contribution in [0, 0.1) is 0 Å². The molecule has 2 aromatic heterocycles. The van der Waals surface area contributed by atoms with Gasteiger partial charge in [-0.1, -0.05) is 0 Å². The van der Waals surface area contributed by atoms with Gasteiger partial charge in [0, 0.05) is 0 Å². The quantitative estimate of drug-likeness (QED) is 0.299. The van der Waals surface area contributed by atoms with Crippen molar-refractivity contribution in [2.45, 2.75) is 6.29 Å². The molecule has 1 unspecified atom stereocenters. The summed E-state index contributed by atoms with van der Waals surface area (Å²) < 4.78 is 3.49. The molecule has 5 aromatic rings. The summed E-state index contributed by atoms with van der Waals surface area (Å²) in [7, 11) is 0. The molecule has 3 aromatic carbocycles. The number of rotatable bonds is 3. The van der Waals surface area contributed by atoms with Crippen LogP contribution in [0.1, 0.15) is 37.4 Å². The number of carbonyl (C=O) groups is 3. The third-order valence-corrected chi connectivity index (χ3v) is 6.49. The maximum absolute atomic E-state index is 11.7. The van der Waals surface area contributed by atoms with E-state index in [9.17, 15) is 29.7 Å². The van der Waals surface area contributed by atoms with Crippen LogP contribution in [0.3, 0.4) is 0 Å². The predicted molar refractivity (Wildman–Crippen MR) is 126 cm³/mol. The maximum Gasteiger partial charge on any atom is 0.335 e. The summed E-state index contributed by atoms with van der Waals surface area (Å²) >= 11 is 0. The molecule has 176 valence electrons. The van der Waals surface area contributed by atoms with E-state index in [2.05, 4.69) is 5.32 Å². The first-order valence-corrected chi connectivity index (χ1v) is 10.8. The Hall–Kier alpha value is -5.39. The Labute approximate surface area is 200 Å². The van der Waals surface area contributed by atoms with E-state index in [1.54, 1.807) is 32.2 Å². The van der Waals surface area contributed by atoms with E-state index in [1.165, 1.54) is 36.4 Å². The molecule has 2 aliphatic heterocycles. The highest BCUT2D eigenvalue weighted by Crippen LogP contribution is 2.49. The van der Waals surface area contributed by atoms with E-state index in [-0.39, 0.29) is 16.7 Å². The van der Waals surface area contributed by atoms with Crippen LogP contribution in [-0.2, 0) is 0 Å². The van der Waals surface area contributed by atoms with Gasteiger partial charge in [-0.2, -0.15) is 0 Å². The number of benzene rings is 3. The first-order valence-electron chi connectivity index (χ1n) is 10.8. The van der Waals surface area contributed by atoms with Gasteiger partial charge in [-0.15, -0.1) is 0 Å². The molecule has 2 aliphatic rings. The van der Waals surface area contributed by atoms with E-state index < -0.39 is 24.2 Å². The number of aromatic carboxylic acids is 3. The Balaban J connectivity index is 1.59. The van der Waals surface area contributed by atoms with Gasteiger partial charge in [0.2, 0.25) is 11.9 Å². The molecule has 0 amide bonds. The average Bonchev–Trinajstić information content (AvgIpc) is 3.52. The number of carboxylic acids is 3. The molecule has 12 nitrogen and oxygen atoms in total. The molecule has 12 heteroatoms. The molecule has 7 rings (SSSR count). The van der Waals surface area contributed by atoms with Gasteiger partial charge in [-0.3, -0.25) is 9.47 Å². The molecule has 0 fully saturated rings. The van der Waals surface area contributed by atoms with Crippen molar-refractivity contribution in [3.8, 4) is 5.95 Å². The number of aromatic nitrogens is 4. The largest absolute Gasteiger partial charge is 0.478 e. The fraction of sp³-hybridized carbons (Fsp3) is 0.0417. The number of hydrogen-bond acceptors (Lipinski definition) is 7. The summed E-state index contributed by atoms with van der Waals surface area (Å²) in [5.74, 6) is -2.45. The van der Waals surface area contributed by atoms with E-state index in [4.69, 9.17) is 9.97 Å². The predicted octanol–water partition coefficient (Wildman–Crippen LogP) is 3.50. The van der Waals surface area contributed by atoms with Crippen molar-refractivity contribution in [3.63, 3.8) is 0 Å². The average molecular weight is 482 g/mol. The van der Waals surface area contributed by atoms with Crippen molar-refractivity contribution in [2.24, 2.45) is 0 Å². The van der Waals surface area contributed by atoms with Crippen LogP contribution >= 0.6 is 0 Å². The second-order valence-electron chi connectivity index (χ2n) is 8.47. The standard InChI is InChI=1S/C24H14N6O6/c31-19(32)10-1-4-13-16(7-10)28-22(25-13)29-17-8-11(20(33)34)2-5-14(17)27-24(29)30-18-9-12(21(35)36)3-6-15(18)26-23(28)30/h1-9,22,25H,(H,31,32)(H,33,34)(H,35,36). The molecule has 1 atom stereocenters. The zero-order valence-electron chi connectivity index (χ0n) is 18.1. The molecule has 0 aliphatic carbocycles. The summed E-state index contributed by atoms with van der Waals surface area (Å²) in [5.41, 5.74) is 3.50. The van der Waals surface area contributed by atoms with Crippen molar-refractivity contribution in [3.05, 3.63) is 71.3 Å². The summed E-state index contributed by atoms with van der Waals surface area (Å²) in [6.45, 7) is 0. The zero-order valence-corrected chi connectivity index (χ0v) is 18.1. The number of anilines is 3.